The second kappa shape index (κ2) is 7.23. The zero-order valence-corrected chi connectivity index (χ0v) is 16.6. The molecule has 2 aromatic carbocycles. The van der Waals surface area contributed by atoms with Crippen LogP contribution in [0.4, 0.5) is 0 Å². The number of nitrogens with one attached hydrogen (secondary N) is 2. The van der Waals surface area contributed by atoms with Crippen LogP contribution < -0.4 is 14.8 Å². The maximum absolute atomic E-state index is 11.7. The topological polar surface area (TPSA) is 63.3 Å². The lowest BCUT2D eigenvalue weighted by atomic mass is 9.68. The molecular formula is C23H26N2O3. The number of aromatic nitrogens is 1. The molecule has 0 radical (unpaired) electrons. The highest BCUT2D eigenvalue weighted by molar-refractivity contribution is 5.85. The van der Waals surface area contributed by atoms with Crippen molar-refractivity contribution in [3.63, 3.8) is 0 Å². The second-order valence-corrected chi connectivity index (χ2v) is 7.56. The Bertz CT molecular complexity index is 1020. The van der Waals surface area contributed by atoms with E-state index < -0.39 is 0 Å². The summed E-state index contributed by atoms with van der Waals surface area (Å²) in [6.07, 6.45) is 2.75. The summed E-state index contributed by atoms with van der Waals surface area (Å²) in [7, 11) is 3.30. The van der Waals surface area contributed by atoms with E-state index in [1.807, 2.05) is 6.07 Å². The van der Waals surface area contributed by atoms with Crippen LogP contribution in [0.1, 0.15) is 30.2 Å². The number of hydrogen-bond donors (Lipinski definition) is 2. The minimum atomic E-state index is -0.191. The van der Waals surface area contributed by atoms with Crippen LogP contribution in [-0.4, -0.2) is 31.7 Å². The molecule has 1 unspecified atom stereocenters. The predicted octanol–water partition coefficient (Wildman–Crippen LogP) is 3.75. The van der Waals surface area contributed by atoms with Crippen molar-refractivity contribution in [1.82, 2.24) is 10.3 Å². The van der Waals surface area contributed by atoms with Crippen molar-refractivity contribution in [2.45, 2.75) is 31.6 Å². The molecule has 0 saturated carbocycles. The quantitative estimate of drug-likeness (QED) is 0.711. The van der Waals surface area contributed by atoms with Crippen molar-refractivity contribution in [2.24, 2.45) is 0 Å². The van der Waals surface area contributed by atoms with Gasteiger partial charge in [0.25, 0.3) is 0 Å². The van der Waals surface area contributed by atoms with Gasteiger partial charge < -0.3 is 19.8 Å². The molecule has 5 heteroatoms. The summed E-state index contributed by atoms with van der Waals surface area (Å²) in [5.41, 5.74) is 4.80. The van der Waals surface area contributed by atoms with E-state index in [1.165, 1.54) is 22.2 Å². The Balaban J connectivity index is 1.81. The molecule has 0 bridgehead atoms. The Morgan fingerprint density at radius 1 is 1.14 bits per heavy atom. The molecule has 1 heterocycles. The van der Waals surface area contributed by atoms with Crippen LogP contribution in [0.15, 0.2) is 42.5 Å². The molecule has 0 aliphatic heterocycles. The van der Waals surface area contributed by atoms with E-state index in [4.69, 9.17) is 9.47 Å². The number of aromatic amines is 1. The number of carbonyl (C=O) groups excluding carboxylic acids is 1. The standard InChI is InChI=1S/C23H26N2O3/c1-15(26)24-14-23(16-8-9-21(27-2)22(12-16)28-3)11-10-20-18(13-23)17-6-4-5-7-19(17)25-20/h4-9,12,25H,10-11,13-14H2,1-3H3,(H,24,26). The average Bonchev–Trinajstić information content (AvgIpc) is 3.09. The van der Waals surface area contributed by atoms with Crippen molar-refractivity contribution in [2.75, 3.05) is 20.8 Å². The Morgan fingerprint density at radius 2 is 1.93 bits per heavy atom. The molecule has 1 aromatic heterocycles. The average molecular weight is 378 g/mol. The van der Waals surface area contributed by atoms with Crippen molar-refractivity contribution < 1.29 is 14.3 Å². The third-order valence-corrected chi connectivity index (χ3v) is 5.94. The maximum Gasteiger partial charge on any atom is 0.216 e. The summed E-state index contributed by atoms with van der Waals surface area (Å²) in [4.78, 5) is 15.3. The van der Waals surface area contributed by atoms with Gasteiger partial charge in [-0.25, -0.2) is 0 Å². The number of para-hydroxylation sites is 1. The smallest absolute Gasteiger partial charge is 0.216 e. The third-order valence-electron chi connectivity index (χ3n) is 5.94. The number of amides is 1. The van der Waals surface area contributed by atoms with Gasteiger partial charge in [0.1, 0.15) is 0 Å². The summed E-state index contributed by atoms with van der Waals surface area (Å²) in [6, 6.07) is 14.5. The first-order valence-electron chi connectivity index (χ1n) is 9.62. The highest BCUT2D eigenvalue weighted by atomic mass is 16.5. The first kappa shape index (κ1) is 18.4. The Labute approximate surface area is 165 Å². The molecule has 1 atom stereocenters. The zero-order chi connectivity index (χ0) is 19.7. The summed E-state index contributed by atoms with van der Waals surface area (Å²) >= 11 is 0. The minimum Gasteiger partial charge on any atom is -0.493 e. The first-order valence-corrected chi connectivity index (χ1v) is 9.62. The molecule has 5 nitrogen and oxygen atoms in total. The molecule has 0 saturated heterocycles. The summed E-state index contributed by atoms with van der Waals surface area (Å²) in [5.74, 6) is 1.42. The molecule has 1 aliphatic rings. The van der Waals surface area contributed by atoms with Gasteiger partial charge in [-0.3, -0.25) is 4.79 Å². The number of hydrogen-bond acceptors (Lipinski definition) is 3. The molecule has 1 aliphatic carbocycles. The zero-order valence-electron chi connectivity index (χ0n) is 16.6. The van der Waals surface area contributed by atoms with E-state index in [2.05, 4.69) is 46.7 Å². The molecule has 2 N–H and O–H groups in total. The van der Waals surface area contributed by atoms with Gasteiger partial charge in [-0.2, -0.15) is 0 Å². The first-order chi connectivity index (χ1) is 13.6. The summed E-state index contributed by atoms with van der Waals surface area (Å²) < 4.78 is 11.0. The van der Waals surface area contributed by atoms with E-state index >= 15 is 0 Å². The van der Waals surface area contributed by atoms with Gasteiger partial charge in [0.2, 0.25) is 5.91 Å². The van der Waals surface area contributed by atoms with Gasteiger partial charge in [-0.15, -0.1) is 0 Å². The largest absolute Gasteiger partial charge is 0.493 e. The van der Waals surface area contributed by atoms with Crippen molar-refractivity contribution in [3.8, 4) is 11.5 Å². The number of carbonyl (C=O) groups is 1. The van der Waals surface area contributed by atoms with Crippen molar-refractivity contribution >= 4 is 16.8 Å². The lowest BCUT2D eigenvalue weighted by Crippen LogP contribution is -2.44. The Kier molecular flexibility index (Phi) is 4.75. The van der Waals surface area contributed by atoms with Crippen LogP contribution in [0.3, 0.4) is 0 Å². The van der Waals surface area contributed by atoms with E-state index in [0.29, 0.717) is 18.0 Å². The fraction of sp³-hybridized carbons (Fsp3) is 0.348. The van der Waals surface area contributed by atoms with Crippen LogP contribution in [0.25, 0.3) is 10.9 Å². The van der Waals surface area contributed by atoms with Crippen LogP contribution in [-0.2, 0) is 23.1 Å². The monoisotopic (exact) mass is 378 g/mol. The molecule has 0 spiro atoms. The molecule has 28 heavy (non-hydrogen) atoms. The summed E-state index contributed by atoms with van der Waals surface area (Å²) in [5, 5.41) is 4.34. The highest BCUT2D eigenvalue weighted by Crippen LogP contribution is 2.43. The van der Waals surface area contributed by atoms with Gasteiger partial charge in [-0.1, -0.05) is 24.3 Å². The van der Waals surface area contributed by atoms with Gasteiger partial charge in [0.15, 0.2) is 11.5 Å². The van der Waals surface area contributed by atoms with Crippen LogP contribution >= 0.6 is 0 Å². The van der Waals surface area contributed by atoms with Crippen LogP contribution in [0, 0.1) is 0 Å². The Hall–Kier alpha value is -2.95. The van der Waals surface area contributed by atoms with Crippen molar-refractivity contribution in [1.29, 1.82) is 0 Å². The fourth-order valence-electron chi connectivity index (χ4n) is 4.42. The van der Waals surface area contributed by atoms with Crippen LogP contribution in [0.5, 0.6) is 11.5 Å². The molecule has 4 rings (SSSR count). The number of aryl methyl sites for hydroxylation is 1. The number of rotatable bonds is 5. The van der Waals surface area contributed by atoms with E-state index in [9.17, 15) is 4.79 Å². The summed E-state index contributed by atoms with van der Waals surface area (Å²) in [6.45, 7) is 2.17. The normalized spacial score (nSPS) is 18.5. The lowest BCUT2D eigenvalue weighted by molar-refractivity contribution is -0.119. The van der Waals surface area contributed by atoms with Gasteiger partial charge in [0, 0.05) is 35.5 Å². The number of methoxy groups -OCH3 is 2. The fourth-order valence-corrected chi connectivity index (χ4v) is 4.42. The van der Waals surface area contributed by atoms with Crippen LogP contribution in [0.2, 0.25) is 0 Å². The van der Waals surface area contributed by atoms with E-state index in [-0.39, 0.29) is 11.3 Å². The SMILES string of the molecule is COc1ccc(C2(CNC(C)=O)CCc3[nH]c4ccccc4c3C2)cc1OC. The number of H-pyrrole nitrogens is 1. The Morgan fingerprint density at radius 3 is 2.68 bits per heavy atom. The maximum atomic E-state index is 11.7. The molecule has 1 amide bonds. The number of ether oxygens (including phenoxy) is 2. The van der Waals surface area contributed by atoms with E-state index in [1.54, 1.807) is 21.1 Å². The lowest BCUT2D eigenvalue weighted by Gasteiger charge is -2.38. The number of benzene rings is 2. The van der Waals surface area contributed by atoms with Gasteiger partial charge in [0.05, 0.1) is 14.2 Å². The van der Waals surface area contributed by atoms with Crippen molar-refractivity contribution in [3.05, 3.63) is 59.3 Å². The minimum absolute atomic E-state index is 0.00965. The number of fused-ring (bicyclic) bond motifs is 3. The molecule has 0 fully saturated rings. The molecule has 3 aromatic rings. The van der Waals surface area contributed by atoms with E-state index in [0.717, 1.165) is 24.8 Å². The highest BCUT2D eigenvalue weighted by Gasteiger charge is 2.38. The van der Waals surface area contributed by atoms with Gasteiger partial charge >= 0.3 is 0 Å². The third kappa shape index (κ3) is 3.11. The van der Waals surface area contributed by atoms with Gasteiger partial charge in [-0.05, 0) is 48.6 Å². The predicted molar refractivity (Wildman–Crippen MR) is 110 cm³/mol. The second-order valence-electron chi connectivity index (χ2n) is 7.56. The molecular weight excluding hydrogens is 352 g/mol. The molecule has 146 valence electrons.